The molecule has 1 amide bonds. The van der Waals surface area contributed by atoms with Crippen LogP contribution in [-0.2, 0) is 11.2 Å². The van der Waals surface area contributed by atoms with E-state index in [0.29, 0.717) is 6.42 Å². The summed E-state index contributed by atoms with van der Waals surface area (Å²) in [6.07, 6.45) is -1.97. The van der Waals surface area contributed by atoms with E-state index in [1.54, 1.807) is 4.90 Å². The number of rotatable bonds is 4. The third-order valence-corrected chi connectivity index (χ3v) is 4.52. The number of piperazine rings is 1. The van der Waals surface area contributed by atoms with E-state index < -0.39 is 18.8 Å². The lowest BCUT2D eigenvalue weighted by molar-refractivity contribution is -0.152. The minimum absolute atomic E-state index is 0. The average Bonchev–Trinajstić information content (AvgIpc) is 2.96. The number of halogens is 5. The minimum atomic E-state index is -4.21. The number of hydrogen-bond donors (Lipinski definition) is 2. The van der Waals surface area contributed by atoms with Crippen LogP contribution in [0.25, 0.3) is 10.9 Å². The topological polar surface area (TPSA) is 65.4 Å². The van der Waals surface area contributed by atoms with Gasteiger partial charge in [0.1, 0.15) is 0 Å². The molecule has 3 N–H and O–H groups in total. The quantitative estimate of drug-likeness (QED) is 0.789. The molecule has 27 heavy (non-hydrogen) atoms. The van der Waals surface area contributed by atoms with Gasteiger partial charge >= 0.3 is 6.18 Å². The minimum Gasteiger partial charge on any atom is -0.361 e. The first-order valence-electron chi connectivity index (χ1n) is 8.22. The summed E-state index contributed by atoms with van der Waals surface area (Å²) in [6, 6.07) is 7.06. The zero-order valence-corrected chi connectivity index (χ0v) is 16.2. The van der Waals surface area contributed by atoms with E-state index in [4.69, 9.17) is 5.73 Å². The van der Waals surface area contributed by atoms with Gasteiger partial charge in [-0.3, -0.25) is 9.69 Å². The van der Waals surface area contributed by atoms with E-state index >= 15 is 0 Å². The number of benzene rings is 1. The molecular formula is C17H23Cl2F3N4O. The van der Waals surface area contributed by atoms with Crippen LogP contribution in [-0.4, -0.2) is 65.6 Å². The van der Waals surface area contributed by atoms with E-state index in [0.717, 1.165) is 16.5 Å². The Labute approximate surface area is 167 Å². The summed E-state index contributed by atoms with van der Waals surface area (Å²) in [6.45, 7) is 0.0412. The third kappa shape index (κ3) is 6.00. The number of nitrogens with two attached hydrogens (primary N) is 1. The van der Waals surface area contributed by atoms with Crippen LogP contribution in [0.5, 0.6) is 0 Å². The molecule has 2 aromatic rings. The molecule has 5 nitrogen and oxygen atoms in total. The van der Waals surface area contributed by atoms with Crippen molar-refractivity contribution in [1.82, 2.24) is 14.8 Å². The number of H-pyrrole nitrogens is 1. The van der Waals surface area contributed by atoms with Gasteiger partial charge < -0.3 is 15.6 Å². The molecule has 0 spiro atoms. The lowest BCUT2D eigenvalue weighted by Crippen LogP contribution is -2.54. The molecule has 1 aliphatic rings. The van der Waals surface area contributed by atoms with Crippen LogP contribution in [0.4, 0.5) is 13.2 Å². The molecule has 1 aliphatic heterocycles. The summed E-state index contributed by atoms with van der Waals surface area (Å²) < 4.78 is 37.3. The van der Waals surface area contributed by atoms with Gasteiger partial charge in [-0.25, -0.2) is 0 Å². The van der Waals surface area contributed by atoms with Gasteiger partial charge in [0.2, 0.25) is 5.91 Å². The van der Waals surface area contributed by atoms with Gasteiger partial charge in [-0.1, -0.05) is 18.2 Å². The van der Waals surface area contributed by atoms with Gasteiger partial charge in [-0.2, -0.15) is 13.2 Å². The number of carbonyl (C=O) groups is 1. The standard InChI is InChI=1S/C17H21F3N4O.2ClH/c18-17(19,20)11-23-5-7-24(8-6-23)16(25)14(21)9-12-10-22-15-4-2-1-3-13(12)15;;/h1-4,10,14,22H,5-9,11,21H2;2*1H/t14-;;/m0../s1. The van der Waals surface area contributed by atoms with Crippen molar-refractivity contribution in [3.63, 3.8) is 0 Å². The van der Waals surface area contributed by atoms with Crippen molar-refractivity contribution in [2.75, 3.05) is 32.7 Å². The molecule has 152 valence electrons. The SMILES string of the molecule is Cl.Cl.N[C@@H](Cc1c[nH]c2ccccc12)C(=O)N1CCN(CC(F)(F)F)CC1. The molecule has 1 saturated heterocycles. The Morgan fingerprint density at radius 2 is 1.78 bits per heavy atom. The Balaban J connectivity index is 0.00000182. The summed E-state index contributed by atoms with van der Waals surface area (Å²) in [4.78, 5) is 18.5. The molecule has 0 bridgehead atoms. The summed E-state index contributed by atoms with van der Waals surface area (Å²) in [5.74, 6) is -0.211. The van der Waals surface area contributed by atoms with Gasteiger partial charge in [0.05, 0.1) is 12.6 Å². The Morgan fingerprint density at radius 1 is 1.15 bits per heavy atom. The number of nitrogens with one attached hydrogen (secondary N) is 1. The first-order chi connectivity index (χ1) is 11.8. The summed E-state index contributed by atoms with van der Waals surface area (Å²) in [5, 5.41) is 1.03. The van der Waals surface area contributed by atoms with Crippen molar-refractivity contribution in [1.29, 1.82) is 0 Å². The van der Waals surface area contributed by atoms with Crippen LogP contribution in [0.15, 0.2) is 30.5 Å². The Morgan fingerprint density at radius 3 is 2.41 bits per heavy atom. The van der Waals surface area contributed by atoms with E-state index in [2.05, 4.69) is 4.98 Å². The molecular weight excluding hydrogens is 404 g/mol. The smallest absolute Gasteiger partial charge is 0.361 e. The van der Waals surface area contributed by atoms with Crippen molar-refractivity contribution in [3.05, 3.63) is 36.0 Å². The number of aromatic amines is 1. The molecule has 1 fully saturated rings. The van der Waals surface area contributed by atoms with Gasteiger partial charge in [-0.05, 0) is 18.1 Å². The van der Waals surface area contributed by atoms with Crippen LogP contribution in [0.3, 0.4) is 0 Å². The second-order valence-corrected chi connectivity index (χ2v) is 6.39. The fourth-order valence-corrected chi connectivity index (χ4v) is 3.24. The van der Waals surface area contributed by atoms with Crippen LogP contribution >= 0.6 is 24.8 Å². The number of para-hydroxylation sites is 1. The van der Waals surface area contributed by atoms with Crippen molar-refractivity contribution in [2.45, 2.75) is 18.6 Å². The second kappa shape index (κ2) is 9.64. The molecule has 1 aromatic carbocycles. The fourth-order valence-electron chi connectivity index (χ4n) is 3.24. The normalized spacial score (nSPS) is 16.5. The zero-order valence-electron chi connectivity index (χ0n) is 14.5. The van der Waals surface area contributed by atoms with Crippen molar-refractivity contribution in [2.24, 2.45) is 5.73 Å². The highest BCUT2D eigenvalue weighted by atomic mass is 35.5. The maximum Gasteiger partial charge on any atom is 0.401 e. The van der Waals surface area contributed by atoms with E-state index in [-0.39, 0.29) is 56.9 Å². The lowest BCUT2D eigenvalue weighted by Gasteiger charge is -2.36. The van der Waals surface area contributed by atoms with Crippen LogP contribution in [0, 0.1) is 0 Å². The molecule has 0 saturated carbocycles. The first-order valence-corrected chi connectivity index (χ1v) is 8.22. The number of aromatic nitrogens is 1. The number of fused-ring (bicyclic) bond motifs is 1. The Hall–Kier alpha value is -1.48. The third-order valence-electron chi connectivity index (χ3n) is 4.52. The zero-order chi connectivity index (χ0) is 18.0. The van der Waals surface area contributed by atoms with Gasteiger partial charge in [0.15, 0.2) is 0 Å². The number of hydrogen-bond acceptors (Lipinski definition) is 3. The highest BCUT2D eigenvalue weighted by Crippen LogP contribution is 2.20. The number of nitrogens with zero attached hydrogens (tertiary/aromatic N) is 2. The predicted molar refractivity (Wildman–Crippen MR) is 104 cm³/mol. The Kier molecular flexibility index (Phi) is 8.41. The monoisotopic (exact) mass is 426 g/mol. The molecule has 0 aliphatic carbocycles. The largest absolute Gasteiger partial charge is 0.401 e. The number of amides is 1. The molecule has 0 unspecified atom stereocenters. The average molecular weight is 427 g/mol. The highest BCUT2D eigenvalue weighted by molar-refractivity contribution is 5.86. The summed E-state index contributed by atoms with van der Waals surface area (Å²) in [5.41, 5.74) is 8.02. The maximum atomic E-state index is 12.5. The maximum absolute atomic E-state index is 12.5. The molecule has 10 heteroatoms. The second-order valence-electron chi connectivity index (χ2n) is 6.39. The fraction of sp³-hybridized carbons (Fsp3) is 0.471. The summed E-state index contributed by atoms with van der Waals surface area (Å²) in [7, 11) is 0. The molecule has 1 atom stereocenters. The summed E-state index contributed by atoms with van der Waals surface area (Å²) >= 11 is 0. The predicted octanol–water partition coefficient (Wildman–Crippen LogP) is 2.59. The molecule has 2 heterocycles. The number of alkyl halides is 3. The molecule has 0 radical (unpaired) electrons. The van der Waals surface area contributed by atoms with E-state index in [9.17, 15) is 18.0 Å². The van der Waals surface area contributed by atoms with E-state index in [1.165, 1.54) is 4.90 Å². The van der Waals surface area contributed by atoms with Crippen LogP contribution in [0.1, 0.15) is 5.56 Å². The number of carbonyl (C=O) groups excluding carboxylic acids is 1. The van der Waals surface area contributed by atoms with Gasteiger partial charge in [0.25, 0.3) is 0 Å². The van der Waals surface area contributed by atoms with Gasteiger partial charge in [0, 0.05) is 43.3 Å². The lowest BCUT2D eigenvalue weighted by atomic mass is 10.0. The van der Waals surface area contributed by atoms with Crippen molar-refractivity contribution < 1.29 is 18.0 Å². The van der Waals surface area contributed by atoms with Crippen molar-refractivity contribution in [3.8, 4) is 0 Å². The molecule has 1 aromatic heterocycles. The molecule has 3 rings (SSSR count). The van der Waals surface area contributed by atoms with Crippen molar-refractivity contribution >= 4 is 41.6 Å². The van der Waals surface area contributed by atoms with E-state index in [1.807, 2.05) is 30.5 Å². The first kappa shape index (κ1) is 23.6. The van der Waals surface area contributed by atoms with Crippen LogP contribution in [0.2, 0.25) is 0 Å². The van der Waals surface area contributed by atoms with Crippen LogP contribution < -0.4 is 5.73 Å². The Bertz CT molecular complexity index is 745. The van der Waals surface area contributed by atoms with Gasteiger partial charge in [-0.15, -0.1) is 24.8 Å². The highest BCUT2D eigenvalue weighted by Gasteiger charge is 2.33.